The molecule has 2 aromatic carbocycles. The van der Waals surface area contributed by atoms with Crippen molar-refractivity contribution in [1.82, 2.24) is 14.9 Å². The Morgan fingerprint density at radius 3 is 2.73 bits per heavy atom. The average molecular weight is 391 g/mol. The number of hydrogen-bond acceptors (Lipinski definition) is 4. The van der Waals surface area contributed by atoms with Crippen LogP contribution in [0.15, 0.2) is 42.6 Å². The van der Waals surface area contributed by atoms with Crippen LogP contribution >= 0.6 is 23.2 Å². The second-order valence-electron chi connectivity index (χ2n) is 5.53. The van der Waals surface area contributed by atoms with E-state index in [4.69, 9.17) is 27.9 Å². The van der Waals surface area contributed by atoms with Crippen LogP contribution in [0.4, 0.5) is 10.5 Å². The van der Waals surface area contributed by atoms with E-state index in [-0.39, 0.29) is 6.03 Å². The Morgan fingerprint density at radius 2 is 2.00 bits per heavy atom. The maximum Gasteiger partial charge on any atom is 0.321 e. The fourth-order valence-corrected chi connectivity index (χ4v) is 2.54. The van der Waals surface area contributed by atoms with Gasteiger partial charge in [-0.3, -0.25) is 0 Å². The Hall–Kier alpha value is -2.57. The van der Waals surface area contributed by atoms with Crippen molar-refractivity contribution in [2.75, 3.05) is 18.9 Å². The highest BCUT2D eigenvalue weighted by Gasteiger charge is 2.10. The molecule has 0 aliphatic rings. The summed E-state index contributed by atoms with van der Waals surface area (Å²) >= 11 is 12.2. The first-order valence-electron chi connectivity index (χ1n) is 7.88. The van der Waals surface area contributed by atoms with Crippen LogP contribution in [0.5, 0.6) is 11.6 Å². The lowest BCUT2D eigenvalue weighted by Gasteiger charge is -2.16. The lowest BCUT2D eigenvalue weighted by Crippen LogP contribution is -2.30. The molecular weight excluding hydrogens is 375 g/mol. The maximum atomic E-state index is 11.9. The standard InChI is InChI=1S/C18H16Cl2N4O2/c1-3-24(2)18(25)22-12-5-7-16(13(20)9-12)26-17-10-21-15-8-11(19)4-6-14(15)23-17/h4-10H,3H2,1-2H3,(H,22,25). The van der Waals surface area contributed by atoms with E-state index in [0.717, 1.165) is 0 Å². The Balaban J connectivity index is 1.78. The molecule has 0 atom stereocenters. The Morgan fingerprint density at radius 1 is 1.19 bits per heavy atom. The third-order valence-corrected chi connectivity index (χ3v) is 4.23. The van der Waals surface area contributed by atoms with Gasteiger partial charge in [0.25, 0.3) is 0 Å². The lowest BCUT2D eigenvalue weighted by atomic mass is 10.3. The molecule has 3 aromatic rings. The highest BCUT2D eigenvalue weighted by atomic mass is 35.5. The SMILES string of the molecule is CCN(C)C(=O)Nc1ccc(Oc2cnc3cc(Cl)ccc3n2)c(Cl)c1. The molecule has 6 nitrogen and oxygen atoms in total. The summed E-state index contributed by atoms with van der Waals surface area (Å²) in [5, 5.41) is 3.70. The first-order valence-corrected chi connectivity index (χ1v) is 8.63. The summed E-state index contributed by atoms with van der Waals surface area (Å²) in [4.78, 5) is 22.1. The first kappa shape index (κ1) is 18.2. The van der Waals surface area contributed by atoms with E-state index >= 15 is 0 Å². The number of carbonyl (C=O) groups is 1. The molecule has 8 heteroatoms. The number of amides is 2. The number of anilines is 1. The van der Waals surface area contributed by atoms with Gasteiger partial charge in [-0.05, 0) is 43.3 Å². The van der Waals surface area contributed by atoms with Crippen molar-refractivity contribution >= 4 is 46.0 Å². The maximum absolute atomic E-state index is 11.9. The van der Waals surface area contributed by atoms with Crippen LogP contribution in [0, 0.1) is 0 Å². The third-order valence-electron chi connectivity index (χ3n) is 3.70. The second kappa shape index (κ2) is 7.76. The molecule has 26 heavy (non-hydrogen) atoms. The number of fused-ring (bicyclic) bond motifs is 1. The molecule has 1 N–H and O–H groups in total. The van der Waals surface area contributed by atoms with Crippen molar-refractivity contribution in [2.45, 2.75) is 6.92 Å². The van der Waals surface area contributed by atoms with Gasteiger partial charge in [-0.15, -0.1) is 0 Å². The molecule has 0 spiro atoms. The van der Waals surface area contributed by atoms with Gasteiger partial charge in [-0.1, -0.05) is 23.2 Å². The minimum Gasteiger partial charge on any atom is -0.436 e. The zero-order valence-electron chi connectivity index (χ0n) is 14.2. The average Bonchev–Trinajstić information content (AvgIpc) is 2.63. The summed E-state index contributed by atoms with van der Waals surface area (Å²) in [5.41, 5.74) is 1.91. The largest absolute Gasteiger partial charge is 0.436 e. The fraction of sp³-hybridized carbons (Fsp3) is 0.167. The monoisotopic (exact) mass is 390 g/mol. The van der Waals surface area contributed by atoms with Gasteiger partial charge in [-0.2, -0.15) is 0 Å². The molecule has 1 aromatic heterocycles. The van der Waals surface area contributed by atoms with E-state index in [9.17, 15) is 4.79 Å². The lowest BCUT2D eigenvalue weighted by molar-refractivity contribution is 0.224. The summed E-state index contributed by atoms with van der Waals surface area (Å²) in [6.45, 7) is 2.49. The Labute approximate surface area is 160 Å². The number of halogens is 2. The van der Waals surface area contributed by atoms with Crippen molar-refractivity contribution in [3.8, 4) is 11.6 Å². The first-order chi connectivity index (χ1) is 12.5. The van der Waals surface area contributed by atoms with Crippen LogP contribution in [0.3, 0.4) is 0 Å². The van der Waals surface area contributed by atoms with Gasteiger partial charge in [0.05, 0.1) is 22.3 Å². The molecule has 3 rings (SSSR count). The highest BCUT2D eigenvalue weighted by Crippen LogP contribution is 2.31. The summed E-state index contributed by atoms with van der Waals surface area (Å²) in [6, 6.07) is 10.0. The normalized spacial score (nSPS) is 10.6. The van der Waals surface area contributed by atoms with E-state index in [0.29, 0.717) is 44.9 Å². The predicted octanol–water partition coefficient (Wildman–Crippen LogP) is 5.21. The van der Waals surface area contributed by atoms with Crippen LogP contribution in [0.25, 0.3) is 11.0 Å². The molecule has 134 valence electrons. The molecule has 0 unspecified atom stereocenters. The van der Waals surface area contributed by atoms with Crippen LogP contribution < -0.4 is 10.1 Å². The molecule has 1 heterocycles. The summed E-state index contributed by atoms with van der Waals surface area (Å²) < 4.78 is 5.71. The molecule has 0 aliphatic heterocycles. The number of urea groups is 1. The van der Waals surface area contributed by atoms with Gasteiger partial charge in [0.2, 0.25) is 5.88 Å². The van der Waals surface area contributed by atoms with Crippen molar-refractivity contribution < 1.29 is 9.53 Å². The number of hydrogen-bond donors (Lipinski definition) is 1. The zero-order valence-corrected chi connectivity index (χ0v) is 15.7. The molecule has 0 radical (unpaired) electrons. The number of ether oxygens (including phenoxy) is 1. The van der Waals surface area contributed by atoms with Gasteiger partial charge in [0.1, 0.15) is 5.75 Å². The van der Waals surface area contributed by atoms with Crippen LogP contribution in [0.1, 0.15) is 6.92 Å². The van der Waals surface area contributed by atoms with E-state index in [1.54, 1.807) is 48.3 Å². The summed E-state index contributed by atoms with van der Waals surface area (Å²) in [5.74, 6) is 0.723. The Kier molecular flexibility index (Phi) is 5.44. The van der Waals surface area contributed by atoms with Gasteiger partial charge >= 0.3 is 6.03 Å². The molecule has 0 aliphatic carbocycles. The van der Waals surface area contributed by atoms with Crippen molar-refractivity contribution in [3.63, 3.8) is 0 Å². The van der Waals surface area contributed by atoms with Crippen molar-refractivity contribution in [2.24, 2.45) is 0 Å². The van der Waals surface area contributed by atoms with Crippen LogP contribution in [-0.4, -0.2) is 34.5 Å². The van der Waals surface area contributed by atoms with E-state index in [1.807, 2.05) is 6.92 Å². The molecule has 0 bridgehead atoms. The number of benzene rings is 2. The molecule has 0 fully saturated rings. The van der Waals surface area contributed by atoms with E-state index < -0.39 is 0 Å². The minimum absolute atomic E-state index is 0.212. The quantitative estimate of drug-likeness (QED) is 0.663. The molecule has 0 saturated carbocycles. The van der Waals surface area contributed by atoms with Gasteiger partial charge in [0.15, 0.2) is 0 Å². The molecule has 0 saturated heterocycles. The minimum atomic E-state index is -0.212. The number of rotatable bonds is 4. The van der Waals surface area contributed by atoms with Gasteiger partial charge < -0.3 is 15.0 Å². The van der Waals surface area contributed by atoms with Crippen LogP contribution in [-0.2, 0) is 0 Å². The van der Waals surface area contributed by atoms with E-state index in [1.165, 1.54) is 6.20 Å². The number of aromatic nitrogens is 2. The van der Waals surface area contributed by atoms with Crippen LogP contribution in [0.2, 0.25) is 10.0 Å². The van der Waals surface area contributed by atoms with Crippen molar-refractivity contribution in [3.05, 3.63) is 52.6 Å². The summed E-state index contributed by atoms with van der Waals surface area (Å²) in [7, 11) is 1.71. The highest BCUT2D eigenvalue weighted by molar-refractivity contribution is 6.32. The topological polar surface area (TPSA) is 67.4 Å². The van der Waals surface area contributed by atoms with E-state index in [2.05, 4.69) is 15.3 Å². The number of nitrogens with zero attached hydrogens (tertiary/aromatic N) is 3. The number of carbonyl (C=O) groups excluding carboxylic acids is 1. The van der Waals surface area contributed by atoms with Gasteiger partial charge in [0, 0.05) is 24.3 Å². The molecular formula is C18H16Cl2N4O2. The second-order valence-corrected chi connectivity index (χ2v) is 6.38. The Bertz CT molecular complexity index is 965. The smallest absolute Gasteiger partial charge is 0.321 e. The van der Waals surface area contributed by atoms with Gasteiger partial charge in [-0.25, -0.2) is 14.8 Å². The predicted molar refractivity (Wildman–Crippen MR) is 103 cm³/mol. The third kappa shape index (κ3) is 4.15. The summed E-state index contributed by atoms with van der Waals surface area (Å²) in [6.07, 6.45) is 1.50. The molecule has 2 amide bonds. The number of nitrogens with one attached hydrogen (secondary N) is 1. The van der Waals surface area contributed by atoms with Crippen molar-refractivity contribution in [1.29, 1.82) is 0 Å². The zero-order chi connectivity index (χ0) is 18.7. The fourth-order valence-electron chi connectivity index (χ4n) is 2.15.